The van der Waals surface area contributed by atoms with E-state index in [-0.39, 0.29) is 42.7 Å². The number of carbonyl (C=O) groups is 2. The molecule has 0 radical (unpaired) electrons. The number of rotatable bonds is 6. The van der Waals surface area contributed by atoms with Crippen molar-refractivity contribution in [2.75, 3.05) is 70.3 Å². The molecule has 236 valence electrons. The van der Waals surface area contributed by atoms with Gasteiger partial charge in [0, 0.05) is 80.7 Å². The van der Waals surface area contributed by atoms with Gasteiger partial charge in [-0.05, 0) is 73.7 Å². The number of nitrogens with zero attached hydrogens (tertiary/aromatic N) is 3. The highest BCUT2D eigenvalue weighted by Gasteiger charge is 2.29. The molecule has 4 aliphatic rings. The smallest absolute Gasteiger partial charge is 0.254 e. The molecule has 3 aliphatic heterocycles. The van der Waals surface area contributed by atoms with Gasteiger partial charge in [-0.25, -0.2) is 0 Å². The number of hydrogen-bond donors (Lipinski definition) is 2. The van der Waals surface area contributed by atoms with Crippen molar-refractivity contribution in [1.82, 2.24) is 20.4 Å². The van der Waals surface area contributed by atoms with Crippen LogP contribution in [-0.4, -0.2) is 93.2 Å². The first-order valence-electron chi connectivity index (χ1n) is 15.4. The average molecular weight is 653 g/mol. The van der Waals surface area contributed by atoms with Crippen LogP contribution in [-0.2, 0) is 0 Å². The summed E-state index contributed by atoms with van der Waals surface area (Å²) in [5.41, 5.74) is 3.51. The maximum absolute atomic E-state index is 13.6. The van der Waals surface area contributed by atoms with E-state index in [1.165, 1.54) is 24.8 Å². The van der Waals surface area contributed by atoms with Gasteiger partial charge in [0.25, 0.3) is 11.8 Å². The molecule has 1 aliphatic carbocycles. The molecule has 11 heteroatoms. The molecule has 1 atom stereocenters. The largest absolute Gasteiger partial charge is 0.489 e. The van der Waals surface area contributed by atoms with Gasteiger partial charge < -0.3 is 30.1 Å². The predicted molar refractivity (Wildman–Crippen MR) is 177 cm³/mol. The molecule has 0 aromatic heterocycles. The van der Waals surface area contributed by atoms with E-state index in [0.29, 0.717) is 42.7 Å². The fourth-order valence-corrected chi connectivity index (χ4v) is 6.94. The Hall–Kier alpha value is -2.23. The number of ether oxygens (including phenoxy) is 1. The third kappa shape index (κ3) is 8.08. The van der Waals surface area contributed by atoms with Crippen molar-refractivity contribution in [2.45, 2.75) is 50.5 Å². The zero-order chi connectivity index (χ0) is 28.2. The van der Waals surface area contributed by atoms with E-state index in [1.54, 1.807) is 6.07 Å². The molecule has 6 rings (SSSR count). The lowest BCUT2D eigenvalue weighted by molar-refractivity contribution is 0.0535. The van der Waals surface area contributed by atoms with Gasteiger partial charge in [-0.1, -0.05) is 30.9 Å². The number of nitrogens with one attached hydrogen (secondary N) is 2. The number of carbonyl (C=O) groups excluding carboxylic acids is 2. The van der Waals surface area contributed by atoms with Crippen LogP contribution >= 0.6 is 36.4 Å². The van der Waals surface area contributed by atoms with E-state index in [0.717, 1.165) is 75.5 Å². The van der Waals surface area contributed by atoms with Crippen LogP contribution in [0.2, 0.25) is 5.02 Å². The van der Waals surface area contributed by atoms with Crippen LogP contribution in [0.15, 0.2) is 36.4 Å². The maximum atomic E-state index is 13.6. The number of piperazine rings is 2. The fraction of sp³-hybridized carbons (Fsp3) is 0.562. The lowest BCUT2D eigenvalue weighted by Gasteiger charge is -2.35. The van der Waals surface area contributed by atoms with Crippen molar-refractivity contribution in [3.63, 3.8) is 0 Å². The van der Waals surface area contributed by atoms with E-state index in [4.69, 9.17) is 16.3 Å². The summed E-state index contributed by atoms with van der Waals surface area (Å²) in [6.07, 6.45) is 7.25. The van der Waals surface area contributed by atoms with E-state index in [1.807, 2.05) is 34.1 Å². The van der Waals surface area contributed by atoms with Crippen LogP contribution in [0.5, 0.6) is 5.75 Å². The van der Waals surface area contributed by atoms with E-state index < -0.39 is 0 Å². The Balaban J connectivity index is 0.00000212. The summed E-state index contributed by atoms with van der Waals surface area (Å²) in [5.74, 6) is 1.39. The van der Waals surface area contributed by atoms with Crippen molar-refractivity contribution in [2.24, 2.45) is 0 Å². The second-order valence-electron chi connectivity index (χ2n) is 11.8. The van der Waals surface area contributed by atoms with E-state index >= 15 is 0 Å². The highest BCUT2D eigenvalue weighted by atomic mass is 35.5. The number of amides is 2. The molecular formula is C32H44Cl3N5O3. The quantitative estimate of drug-likeness (QED) is 0.459. The number of benzene rings is 2. The summed E-state index contributed by atoms with van der Waals surface area (Å²) in [6.45, 7) is 7.52. The summed E-state index contributed by atoms with van der Waals surface area (Å²) >= 11 is 6.43. The maximum Gasteiger partial charge on any atom is 0.254 e. The van der Waals surface area contributed by atoms with Crippen LogP contribution in [0, 0.1) is 0 Å². The fourth-order valence-electron chi connectivity index (χ4n) is 6.71. The van der Waals surface area contributed by atoms with Gasteiger partial charge in [-0.2, -0.15) is 0 Å². The Labute approximate surface area is 272 Å². The Morgan fingerprint density at radius 1 is 0.744 bits per heavy atom. The van der Waals surface area contributed by atoms with Crippen LogP contribution in [0.25, 0.3) is 0 Å². The minimum absolute atomic E-state index is 0. The Morgan fingerprint density at radius 2 is 1.42 bits per heavy atom. The van der Waals surface area contributed by atoms with E-state index in [2.05, 4.69) is 21.6 Å². The summed E-state index contributed by atoms with van der Waals surface area (Å²) in [6, 6.07) is 11.7. The predicted octanol–water partition coefficient (Wildman–Crippen LogP) is 4.98. The Bertz CT molecular complexity index is 1240. The molecule has 43 heavy (non-hydrogen) atoms. The first-order chi connectivity index (χ1) is 20.0. The Morgan fingerprint density at radius 3 is 2.07 bits per heavy atom. The zero-order valence-electron chi connectivity index (χ0n) is 24.7. The standard InChI is InChI=1S/C32H42ClN5O3.2ClH/c33-26-18-25(19-27(21-26)36-12-10-34-11-13-36)32(40)38-16-14-37(15-17-38)31(39)24-6-7-30(41-28-8-9-35-22-28)29(20-24)23-4-2-1-3-5-23;;/h6-7,18-21,23,28,34-35H,1-5,8-17,22H2;2*1H/t28-;;/m0../s1. The van der Waals surface area contributed by atoms with Gasteiger partial charge in [0.2, 0.25) is 0 Å². The summed E-state index contributed by atoms with van der Waals surface area (Å²) < 4.78 is 6.43. The highest BCUT2D eigenvalue weighted by molar-refractivity contribution is 6.31. The molecule has 0 unspecified atom stereocenters. The highest BCUT2D eigenvalue weighted by Crippen LogP contribution is 2.39. The third-order valence-electron chi connectivity index (χ3n) is 9.08. The lowest BCUT2D eigenvalue weighted by Crippen LogP contribution is -2.50. The molecule has 1 saturated carbocycles. The van der Waals surface area contributed by atoms with Crippen molar-refractivity contribution in [1.29, 1.82) is 0 Å². The number of anilines is 1. The van der Waals surface area contributed by atoms with Crippen LogP contribution in [0.3, 0.4) is 0 Å². The zero-order valence-corrected chi connectivity index (χ0v) is 27.1. The monoisotopic (exact) mass is 651 g/mol. The molecule has 2 aromatic rings. The molecule has 3 saturated heterocycles. The van der Waals surface area contributed by atoms with Crippen molar-refractivity contribution < 1.29 is 14.3 Å². The second-order valence-corrected chi connectivity index (χ2v) is 12.3. The summed E-state index contributed by atoms with van der Waals surface area (Å²) in [4.78, 5) is 33.1. The van der Waals surface area contributed by atoms with Crippen molar-refractivity contribution >= 4 is 53.9 Å². The average Bonchev–Trinajstić information content (AvgIpc) is 3.54. The Kier molecular flexibility index (Phi) is 12.3. The van der Waals surface area contributed by atoms with Crippen molar-refractivity contribution in [3.05, 3.63) is 58.1 Å². The van der Waals surface area contributed by atoms with Gasteiger partial charge in [-0.3, -0.25) is 9.59 Å². The minimum atomic E-state index is -0.0292. The number of hydrogen-bond acceptors (Lipinski definition) is 6. The molecule has 2 aromatic carbocycles. The molecule has 8 nitrogen and oxygen atoms in total. The molecule has 0 spiro atoms. The third-order valence-corrected chi connectivity index (χ3v) is 9.29. The molecule has 3 heterocycles. The summed E-state index contributed by atoms with van der Waals surface area (Å²) in [7, 11) is 0. The van der Waals surface area contributed by atoms with Crippen molar-refractivity contribution in [3.8, 4) is 5.75 Å². The number of halogens is 3. The SMILES string of the molecule is Cl.Cl.O=C(c1cc(Cl)cc(N2CCNCC2)c1)N1CCN(C(=O)c2ccc(O[C@H]3CCNC3)c(C3CCCCC3)c2)CC1. The molecule has 4 fully saturated rings. The molecule has 2 N–H and O–H groups in total. The van der Waals surface area contributed by atoms with Gasteiger partial charge in [0.05, 0.1) is 0 Å². The van der Waals surface area contributed by atoms with Gasteiger partial charge in [0.15, 0.2) is 0 Å². The van der Waals surface area contributed by atoms with Gasteiger partial charge in [0.1, 0.15) is 11.9 Å². The van der Waals surface area contributed by atoms with Crippen LogP contribution in [0.1, 0.15) is 70.7 Å². The first kappa shape index (κ1) is 33.7. The van der Waals surface area contributed by atoms with Crippen LogP contribution < -0.4 is 20.3 Å². The minimum Gasteiger partial charge on any atom is -0.489 e. The molecule has 2 amide bonds. The molecule has 0 bridgehead atoms. The van der Waals surface area contributed by atoms with Crippen LogP contribution in [0.4, 0.5) is 5.69 Å². The summed E-state index contributed by atoms with van der Waals surface area (Å²) in [5, 5.41) is 7.31. The first-order valence-corrected chi connectivity index (χ1v) is 15.8. The molecular weight excluding hydrogens is 609 g/mol. The topological polar surface area (TPSA) is 77.2 Å². The second kappa shape index (κ2) is 15.7. The lowest BCUT2D eigenvalue weighted by atomic mass is 9.83. The van der Waals surface area contributed by atoms with E-state index in [9.17, 15) is 9.59 Å². The normalized spacial score (nSPS) is 21.1. The van der Waals surface area contributed by atoms with Gasteiger partial charge >= 0.3 is 0 Å². The van der Waals surface area contributed by atoms with Gasteiger partial charge in [-0.15, -0.1) is 24.8 Å².